The minimum atomic E-state index is -0.527. The number of aromatic nitrogens is 2. The number of hydrogen-bond acceptors (Lipinski definition) is 4. The van der Waals surface area contributed by atoms with E-state index in [0.29, 0.717) is 23.1 Å². The highest BCUT2D eigenvalue weighted by molar-refractivity contribution is 5.99. The molecular formula is C15H18N4O. The molecule has 2 rings (SSSR count). The molecule has 0 aliphatic heterocycles. The fourth-order valence-electron chi connectivity index (χ4n) is 2.10. The van der Waals surface area contributed by atoms with Gasteiger partial charge in [-0.05, 0) is 11.5 Å². The van der Waals surface area contributed by atoms with Crippen molar-refractivity contribution in [2.45, 2.75) is 19.8 Å². The van der Waals surface area contributed by atoms with Crippen molar-refractivity contribution >= 4 is 11.9 Å². The average Bonchev–Trinajstić information content (AvgIpc) is 2.46. The zero-order chi connectivity index (χ0) is 14.7. The number of nitrogens with two attached hydrogens (primary N) is 1. The van der Waals surface area contributed by atoms with Crippen LogP contribution in [0.3, 0.4) is 0 Å². The van der Waals surface area contributed by atoms with Gasteiger partial charge in [-0.15, -0.1) is 0 Å². The first-order valence-electron chi connectivity index (χ1n) is 6.48. The van der Waals surface area contributed by atoms with Crippen LogP contribution in [0.25, 0.3) is 11.3 Å². The normalized spacial score (nSPS) is 10.6. The number of nitrogens with zero attached hydrogens (tertiary/aromatic N) is 2. The third-order valence-electron chi connectivity index (χ3n) is 3.12. The average molecular weight is 270 g/mol. The summed E-state index contributed by atoms with van der Waals surface area (Å²) in [6.45, 7) is 4.20. The molecule has 0 atom stereocenters. The highest BCUT2D eigenvalue weighted by Crippen LogP contribution is 2.30. The molecule has 0 spiro atoms. The summed E-state index contributed by atoms with van der Waals surface area (Å²) in [6.07, 6.45) is 1.47. The van der Waals surface area contributed by atoms with Crippen molar-refractivity contribution in [2.24, 2.45) is 5.73 Å². The van der Waals surface area contributed by atoms with Crippen molar-refractivity contribution in [2.75, 3.05) is 12.4 Å². The molecule has 0 unspecified atom stereocenters. The first-order chi connectivity index (χ1) is 9.54. The summed E-state index contributed by atoms with van der Waals surface area (Å²) in [4.78, 5) is 20.1. The van der Waals surface area contributed by atoms with Crippen LogP contribution in [0.15, 0.2) is 30.5 Å². The molecule has 0 saturated carbocycles. The number of carbonyl (C=O) groups is 1. The summed E-state index contributed by atoms with van der Waals surface area (Å²) >= 11 is 0. The van der Waals surface area contributed by atoms with E-state index in [1.807, 2.05) is 24.3 Å². The van der Waals surface area contributed by atoms with E-state index in [1.54, 1.807) is 7.05 Å². The van der Waals surface area contributed by atoms with Crippen molar-refractivity contribution in [3.05, 3.63) is 41.6 Å². The van der Waals surface area contributed by atoms with Gasteiger partial charge in [0, 0.05) is 18.8 Å². The van der Waals surface area contributed by atoms with Crippen LogP contribution in [0.4, 0.5) is 5.95 Å². The molecule has 5 nitrogen and oxygen atoms in total. The van der Waals surface area contributed by atoms with Crippen LogP contribution in [0.1, 0.15) is 35.7 Å². The summed E-state index contributed by atoms with van der Waals surface area (Å²) < 4.78 is 0. The van der Waals surface area contributed by atoms with Gasteiger partial charge in [-0.25, -0.2) is 9.97 Å². The number of primary amides is 1. The number of anilines is 1. The second kappa shape index (κ2) is 5.69. The Hall–Kier alpha value is -2.43. The van der Waals surface area contributed by atoms with Gasteiger partial charge in [0.15, 0.2) is 0 Å². The molecule has 0 radical (unpaired) electrons. The molecule has 1 amide bonds. The Balaban J connectivity index is 2.70. The van der Waals surface area contributed by atoms with Crippen LogP contribution in [0.2, 0.25) is 0 Å². The molecule has 1 heterocycles. The van der Waals surface area contributed by atoms with Crippen LogP contribution in [0, 0.1) is 0 Å². The predicted molar refractivity (Wildman–Crippen MR) is 79.6 cm³/mol. The second-order valence-corrected chi connectivity index (χ2v) is 4.81. The van der Waals surface area contributed by atoms with Crippen LogP contribution < -0.4 is 11.1 Å². The first kappa shape index (κ1) is 14.0. The lowest BCUT2D eigenvalue weighted by Gasteiger charge is -2.14. The molecule has 104 valence electrons. The van der Waals surface area contributed by atoms with E-state index in [9.17, 15) is 4.79 Å². The number of hydrogen-bond donors (Lipinski definition) is 2. The molecule has 0 fully saturated rings. The molecule has 3 N–H and O–H groups in total. The highest BCUT2D eigenvalue weighted by Gasteiger charge is 2.17. The Morgan fingerprint density at radius 1 is 1.30 bits per heavy atom. The van der Waals surface area contributed by atoms with E-state index in [1.165, 1.54) is 6.20 Å². The van der Waals surface area contributed by atoms with Gasteiger partial charge in [-0.1, -0.05) is 38.1 Å². The van der Waals surface area contributed by atoms with E-state index in [-0.39, 0.29) is 0 Å². The Labute approximate surface area is 118 Å². The van der Waals surface area contributed by atoms with Crippen LogP contribution >= 0.6 is 0 Å². The van der Waals surface area contributed by atoms with E-state index >= 15 is 0 Å². The van der Waals surface area contributed by atoms with Gasteiger partial charge in [0.25, 0.3) is 5.91 Å². The maximum atomic E-state index is 11.6. The quantitative estimate of drug-likeness (QED) is 0.894. The third-order valence-corrected chi connectivity index (χ3v) is 3.12. The zero-order valence-electron chi connectivity index (χ0n) is 11.8. The summed E-state index contributed by atoms with van der Waals surface area (Å²) in [7, 11) is 1.73. The summed E-state index contributed by atoms with van der Waals surface area (Å²) in [5, 5.41) is 2.88. The van der Waals surface area contributed by atoms with E-state index < -0.39 is 5.91 Å². The maximum absolute atomic E-state index is 11.6. The predicted octanol–water partition coefficient (Wildman–Crippen LogP) is 2.41. The topological polar surface area (TPSA) is 80.9 Å². The molecule has 0 aliphatic carbocycles. The molecule has 20 heavy (non-hydrogen) atoms. The van der Waals surface area contributed by atoms with Crippen molar-refractivity contribution in [3.63, 3.8) is 0 Å². The van der Waals surface area contributed by atoms with Gasteiger partial charge < -0.3 is 11.1 Å². The minimum absolute atomic E-state index is 0.319. The molecule has 1 aromatic carbocycles. The molecular weight excluding hydrogens is 252 g/mol. The number of benzene rings is 1. The number of carbonyl (C=O) groups excluding carboxylic acids is 1. The van der Waals surface area contributed by atoms with Gasteiger partial charge in [-0.2, -0.15) is 0 Å². The maximum Gasteiger partial charge on any atom is 0.252 e. The van der Waals surface area contributed by atoms with Crippen molar-refractivity contribution < 1.29 is 4.79 Å². The number of nitrogens with one attached hydrogen (secondary N) is 1. The monoisotopic (exact) mass is 270 g/mol. The zero-order valence-corrected chi connectivity index (χ0v) is 11.8. The standard InChI is InChI=1S/C15H18N4O/c1-9(2)10-6-4-5-7-11(10)13-12(14(16)20)8-18-15(17-3)19-13/h4-9H,1-3H3,(H2,16,20)(H,17,18,19). The molecule has 0 aliphatic rings. The van der Waals surface area contributed by atoms with Crippen molar-refractivity contribution in [1.29, 1.82) is 0 Å². The summed E-state index contributed by atoms with van der Waals surface area (Å²) in [6, 6.07) is 7.88. The summed E-state index contributed by atoms with van der Waals surface area (Å²) in [5.74, 6) is 0.254. The fourth-order valence-corrected chi connectivity index (χ4v) is 2.10. The molecule has 5 heteroatoms. The minimum Gasteiger partial charge on any atom is -0.365 e. The molecule has 0 saturated heterocycles. The van der Waals surface area contributed by atoms with Gasteiger partial charge in [0.1, 0.15) is 0 Å². The fraction of sp³-hybridized carbons (Fsp3) is 0.267. The number of rotatable bonds is 4. The largest absolute Gasteiger partial charge is 0.365 e. The smallest absolute Gasteiger partial charge is 0.252 e. The Bertz CT molecular complexity index is 638. The van der Waals surface area contributed by atoms with Crippen molar-refractivity contribution in [1.82, 2.24) is 9.97 Å². The van der Waals surface area contributed by atoms with Gasteiger partial charge >= 0.3 is 0 Å². The van der Waals surface area contributed by atoms with E-state index in [4.69, 9.17) is 5.73 Å². The van der Waals surface area contributed by atoms with Crippen LogP contribution in [-0.4, -0.2) is 22.9 Å². The van der Waals surface area contributed by atoms with E-state index in [0.717, 1.165) is 11.1 Å². The third kappa shape index (κ3) is 2.61. The van der Waals surface area contributed by atoms with Gasteiger partial charge in [-0.3, -0.25) is 4.79 Å². The molecule has 2 aromatic rings. The van der Waals surface area contributed by atoms with Gasteiger partial charge in [0.05, 0.1) is 11.3 Å². The Kier molecular flexibility index (Phi) is 3.98. The highest BCUT2D eigenvalue weighted by atomic mass is 16.1. The number of amides is 1. The second-order valence-electron chi connectivity index (χ2n) is 4.81. The lowest BCUT2D eigenvalue weighted by atomic mass is 9.93. The molecule has 1 aromatic heterocycles. The van der Waals surface area contributed by atoms with Crippen LogP contribution in [-0.2, 0) is 0 Å². The Morgan fingerprint density at radius 2 is 2.00 bits per heavy atom. The Morgan fingerprint density at radius 3 is 2.60 bits per heavy atom. The van der Waals surface area contributed by atoms with Crippen LogP contribution in [0.5, 0.6) is 0 Å². The lowest BCUT2D eigenvalue weighted by Crippen LogP contribution is -2.15. The summed E-state index contributed by atoms with van der Waals surface area (Å²) in [5.41, 5.74) is 8.36. The van der Waals surface area contributed by atoms with Gasteiger partial charge in [0.2, 0.25) is 5.95 Å². The molecule has 0 bridgehead atoms. The lowest BCUT2D eigenvalue weighted by molar-refractivity contribution is 0.100. The first-order valence-corrected chi connectivity index (χ1v) is 6.48. The SMILES string of the molecule is CNc1ncc(C(N)=O)c(-c2ccccc2C(C)C)n1. The van der Waals surface area contributed by atoms with E-state index in [2.05, 4.69) is 29.1 Å². The van der Waals surface area contributed by atoms with Crippen molar-refractivity contribution in [3.8, 4) is 11.3 Å².